The number of aromatic amines is 1. The van der Waals surface area contributed by atoms with Gasteiger partial charge in [-0.25, -0.2) is 8.42 Å². The van der Waals surface area contributed by atoms with Crippen molar-refractivity contribution in [3.8, 4) is 0 Å². The number of sulfonamides is 1. The summed E-state index contributed by atoms with van der Waals surface area (Å²) in [7, 11) is -3.38. The molecule has 0 spiro atoms. The number of H-pyrrole nitrogens is 1. The second-order valence-electron chi connectivity index (χ2n) is 3.92. The molecule has 0 radical (unpaired) electrons. The quantitative estimate of drug-likeness (QED) is 0.733. The Labute approximate surface area is 88.5 Å². The first-order chi connectivity index (χ1) is 6.98. The molecule has 0 aliphatic carbocycles. The second-order valence-corrected chi connectivity index (χ2v) is 5.86. The van der Waals surface area contributed by atoms with Crippen molar-refractivity contribution in [1.29, 1.82) is 0 Å². The largest absolute Gasteiger partial charge is 0.323 e. The molecule has 0 unspecified atom stereocenters. The van der Waals surface area contributed by atoms with Crippen molar-refractivity contribution in [2.24, 2.45) is 5.73 Å². The van der Waals surface area contributed by atoms with Gasteiger partial charge in [0.15, 0.2) is 0 Å². The summed E-state index contributed by atoms with van der Waals surface area (Å²) in [6.07, 6.45) is 3.46. The monoisotopic (exact) mass is 230 g/mol. The highest BCUT2D eigenvalue weighted by molar-refractivity contribution is 7.89. The summed E-state index contributed by atoms with van der Waals surface area (Å²) in [5.41, 5.74) is 5.56. The van der Waals surface area contributed by atoms with Crippen LogP contribution in [0.3, 0.4) is 0 Å². The Hall–Kier alpha value is -0.920. The van der Waals surface area contributed by atoms with Crippen LogP contribution in [0.1, 0.15) is 13.3 Å². The minimum absolute atomic E-state index is 0.195. The van der Waals surface area contributed by atoms with E-state index in [0.717, 1.165) is 6.42 Å². The van der Waals surface area contributed by atoms with Crippen LogP contribution in [-0.2, 0) is 10.0 Å². The van der Waals surface area contributed by atoms with Gasteiger partial charge in [0, 0.05) is 24.8 Å². The van der Waals surface area contributed by atoms with Crippen LogP contribution in [0, 0.1) is 0 Å². The first-order valence-corrected chi connectivity index (χ1v) is 6.20. The predicted octanol–water partition coefficient (Wildman–Crippen LogP) is -0.478. The first kappa shape index (κ1) is 10.6. The van der Waals surface area contributed by atoms with Gasteiger partial charge in [-0.1, -0.05) is 6.92 Å². The minimum atomic E-state index is -3.38. The molecule has 1 aromatic heterocycles. The molecule has 0 saturated carbocycles. The molecule has 15 heavy (non-hydrogen) atoms. The summed E-state index contributed by atoms with van der Waals surface area (Å²) in [6.45, 7) is 2.73. The predicted molar refractivity (Wildman–Crippen MR) is 54.6 cm³/mol. The number of nitrogens with one attached hydrogen (secondary N) is 1. The van der Waals surface area contributed by atoms with Gasteiger partial charge in [0.1, 0.15) is 4.90 Å². The Morgan fingerprint density at radius 2 is 2.33 bits per heavy atom. The van der Waals surface area contributed by atoms with E-state index in [4.69, 9.17) is 5.73 Å². The fourth-order valence-electron chi connectivity index (χ4n) is 1.58. The number of nitrogens with zero attached hydrogens (tertiary/aromatic N) is 2. The molecule has 0 amide bonds. The SMILES string of the molecule is CCC1(N)CN(S(=O)(=O)c2cn[nH]c2)C1. The van der Waals surface area contributed by atoms with Gasteiger partial charge in [0.2, 0.25) is 10.0 Å². The zero-order valence-corrected chi connectivity index (χ0v) is 9.29. The van der Waals surface area contributed by atoms with E-state index in [1.165, 1.54) is 16.7 Å². The Morgan fingerprint density at radius 1 is 1.67 bits per heavy atom. The highest BCUT2D eigenvalue weighted by Crippen LogP contribution is 2.27. The van der Waals surface area contributed by atoms with Crippen LogP contribution in [0.2, 0.25) is 0 Å². The van der Waals surface area contributed by atoms with Crippen LogP contribution in [0.4, 0.5) is 0 Å². The molecule has 0 aromatic carbocycles. The van der Waals surface area contributed by atoms with Crippen LogP contribution < -0.4 is 5.73 Å². The van der Waals surface area contributed by atoms with Gasteiger partial charge in [0.25, 0.3) is 0 Å². The van der Waals surface area contributed by atoms with Crippen molar-refractivity contribution in [2.45, 2.75) is 23.8 Å². The maximum Gasteiger partial charge on any atom is 0.246 e. The number of aromatic nitrogens is 2. The molecule has 1 aromatic rings. The van der Waals surface area contributed by atoms with Crippen LogP contribution in [-0.4, -0.2) is 41.5 Å². The molecule has 1 fully saturated rings. The van der Waals surface area contributed by atoms with Gasteiger partial charge in [-0.15, -0.1) is 0 Å². The van der Waals surface area contributed by atoms with Gasteiger partial charge in [0.05, 0.1) is 6.20 Å². The van der Waals surface area contributed by atoms with Crippen molar-refractivity contribution in [3.05, 3.63) is 12.4 Å². The van der Waals surface area contributed by atoms with Crippen molar-refractivity contribution < 1.29 is 8.42 Å². The van der Waals surface area contributed by atoms with Gasteiger partial charge < -0.3 is 5.73 Å². The van der Waals surface area contributed by atoms with Crippen LogP contribution in [0.5, 0.6) is 0 Å². The Balaban J connectivity index is 2.15. The first-order valence-electron chi connectivity index (χ1n) is 4.76. The summed E-state index contributed by atoms with van der Waals surface area (Å²) in [5.74, 6) is 0. The van der Waals surface area contributed by atoms with Gasteiger partial charge in [-0.05, 0) is 6.42 Å². The number of nitrogens with two attached hydrogens (primary N) is 1. The lowest BCUT2D eigenvalue weighted by atomic mass is 9.91. The Kier molecular flexibility index (Phi) is 2.32. The van der Waals surface area contributed by atoms with E-state index < -0.39 is 10.0 Å². The van der Waals surface area contributed by atoms with Crippen molar-refractivity contribution in [3.63, 3.8) is 0 Å². The molecular weight excluding hydrogens is 216 g/mol. The van der Waals surface area contributed by atoms with Gasteiger partial charge in [-0.3, -0.25) is 5.10 Å². The zero-order chi connectivity index (χ0) is 11.1. The van der Waals surface area contributed by atoms with Gasteiger partial charge >= 0.3 is 0 Å². The molecule has 0 atom stereocenters. The molecule has 7 heteroatoms. The maximum absolute atomic E-state index is 11.9. The molecule has 84 valence electrons. The van der Waals surface area contributed by atoms with E-state index in [1.54, 1.807) is 0 Å². The molecule has 1 aliphatic rings. The number of rotatable bonds is 3. The maximum atomic E-state index is 11.9. The lowest BCUT2D eigenvalue weighted by Crippen LogP contribution is -2.67. The highest BCUT2D eigenvalue weighted by Gasteiger charge is 2.44. The molecule has 3 N–H and O–H groups in total. The molecule has 0 bridgehead atoms. The fraction of sp³-hybridized carbons (Fsp3) is 0.625. The topological polar surface area (TPSA) is 92.1 Å². The highest BCUT2D eigenvalue weighted by atomic mass is 32.2. The summed E-state index contributed by atoms with van der Waals surface area (Å²) in [4.78, 5) is 0.195. The van der Waals surface area contributed by atoms with E-state index in [9.17, 15) is 8.42 Å². The molecule has 1 aliphatic heterocycles. The van der Waals surface area contributed by atoms with E-state index >= 15 is 0 Å². The zero-order valence-electron chi connectivity index (χ0n) is 8.47. The van der Waals surface area contributed by atoms with Crippen LogP contribution >= 0.6 is 0 Å². The van der Waals surface area contributed by atoms with Crippen molar-refractivity contribution in [2.75, 3.05) is 13.1 Å². The average molecular weight is 230 g/mol. The van der Waals surface area contributed by atoms with E-state index in [1.807, 2.05) is 6.92 Å². The summed E-state index contributed by atoms with van der Waals surface area (Å²) < 4.78 is 25.2. The molecular formula is C8H14N4O2S. The number of hydrogen-bond acceptors (Lipinski definition) is 4. The van der Waals surface area contributed by atoms with Crippen molar-refractivity contribution >= 4 is 10.0 Å². The van der Waals surface area contributed by atoms with E-state index in [-0.39, 0.29) is 10.4 Å². The standard InChI is InChI=1S/C8H14N4O2S/c1-2-8(9)5-12(6-8)15(13,14)7-3-10-11-4-7/h3-4H,2,5-6,9H2,1H3,(H,10,11). The normalized spacial score (nSPS) is 21.2. The summed E-state index contributed by atoms with van der Waals surface area (Å²) in [5, 5.41) is 6.11. The van der Waals surface area contributed by atoms with E-state index in [2.05, 4.69) is 10.2 Å². The molecule has 2 rings (SSSR count). The third-order valence-corrected chi connectivity index (χ3v) is 4.55. The number of hydrogen-bond donors (Lipinski definition) is 2. The minimum Gasteiger partial charge on any atom is -0.323 e. The summed E-state index contributed by atoms with van der Waals surface area (Å²) >= 11 is 0. The Bertz CT molecular complexity index is 433. The second kappa shape index (κ2) is 3.29. The van der Waals surface area contributed by atoms with Gasteiger partial charge in [-0.2, -0.15) is 9.40 Å². The third kappa shape index (κ3) is 1.66. The van der Waals surface area contributed by atoms with Crippen molar-refractivity contribution in [1.82, 2.24) is 14.5 Å². The van der Waals surface area contributed by atoms with Crippen LogP contribution in [0.15, 0.2) is 17.3 Å². The average Bonchev–Trinajstić information content (AvgIpc) is 2.65. The molecule has 1 saturated heterocycles. The molecule has 2 heterocycles. The fourth-order valence-corrected chi connectivity index (χ4v) is 3.12. The third-order valence-electron chi connectivity index (χ3n) is 2.80. The smallest absolute Gasteiger partial charge is 0.246 e. The lowest BCUT2D eigenvalue weighted by molar-refractivity contribution is 0.153. The lowest BCUT2D eigenvalue weighted by Gasteiger charge is -2.45. The Morgan fingerprint density at radius 3 is 2.80 bits per heavy atom. The van der Waals surface area contributed by atoms with Crippen LogP contribution in [0.25, 0.3) is 0 Å². The molecule has 6 nitrogen and oxygen atoms in total. The van der Waals surface area contributed by atoms with E-state index in [0.29, 0.717) is 13.1 Å². The summed E-state index contributed by atoms with van der Waals surface area (Å²) in [6, 6.07) is 0.